The summed E-state index contributed by atoms with van der Waals surface area (Å²) in [5.74, 6) is 5.58. The molecule has 1 aromatic heterocycles. The third kappa shape index (κ3) is 2.61. The molecule has 4 fully saturated rings. The Hall–Kier alpha value is -0.830. The molecule has 9 atom stereocenters. The predicted molar refractivity (Wildman–Crippen MR) is 136 cm³/mol. The Morgan fingerprint density at radius 1 is 0.941 bits per heavy atom. The topological polar surface area (TPSA) is 46.3 Å². The van der Waals surface area contributed by atoms with E-state index in [4.69, 9.17) is 4.52 Å². The molecule has 0 aromatic carbocycles. The van der Waals surface area contributed by atoms with E-state index in [9.17, 15) is 5.11 Å². The molecule has 0 radical (unpaired) electrons. The molecule has 1 N–H and O–H groups in total. The van der Waals surface area contributed by atoms with Gasteiger partial charge in [-0.1, -0.05) is 53.6 Å². The van der Waals surface area contributed by atoms with E-state index < -0.39 is 0 Å². The second kappa shape index (κ2) is 7.14. The third-order valence-electron chi connectivity index (χ3n) is 13.8. The van der Waals surface area contributed by atoms with Gasteiger partial charge in [0.2, 0.25) is 0 Å². The van der Waals surface area contributed by atoms with Crippen LogP contribution in [0.15, 0.2) is 10.7 Å². The molecule has 34 heavy (non-hydrogen) atoms. The van der Waals surface area contributed by atoms with Gasteiger partial charge in [-0.05, 0) is 115 Å². The van der Waals surface area contributed by atoms with Crippen LogP contribution in [0.5, 0.6) is 0 Å². The zero-order valence-corrected chi connectivity index (χ0v) is 22.9. The summed E-state index contributed by atoms with van der Waals surface area (Å²) in [6.45, 7) is 18.2. The summed E-state index contributed by atoms with van der Waals surface area (Å²) in [5, 5.41) is 15.0. The van der Waals surface area contributed by atoms with Crippen molar-refractivity contribution in [1.29, 1.82) is 0 Å². The summed E-state index contributed by atoms with van der Waals surface area (Å²) in [4.78, 5) is 0. The highest BCUT2D eigenvalue weighted by molar-refractivity contribution is 5.32. The highest BCUT2D eigenvalue weighted by Crippen LogP contribution is 2.77. The third-order valence-corrected chi connectivity index (χ3v) is 13.8. The van der Waals surface area contributed by atoms with Crippen molar-refractivity contribution >= 4 is 0 Å². The van der Waals surface area contributed by atoms with Crippen LogP contribution in [0.3, 0.4) is 0 Å². The van der Waals surface area contributed by atoms with Gasteiger partial charge in [-0.25, -0.2) is 0 Å². The van der Waals surface area contributed by atoms with Crippen molar-refractivity contribution in [1.82, 2.24) is 5.16 Å². The molecule has 0 amide bonds. The maximum atomic E-state index is 10.7. The minimum atomic E-state index is 0.0602. The second-order valence-electron chi connectivity index (χ2n) is 15.2. The molecular formula is C31H49NO2. The molecule has 0 spiro atoms. The van der Waals surface area contributed by atoms with Crippen molar-refractivity contribution in [2.75, 3.05) is 6.61 Å². The molecule has 1 aromatic rings. The van der Waals surface area contributed by atoms with Crippen molar-refractivity contribution in [2.45, 2.75) is 112 Å². The Bertz CT molecular complexity index is 964. The van der Waals surface area contributed by atoms with Gasteiger partial charge in [-0.3, -0.25) is 0 Å². The molecule has 6 rings (SSSR count). The fraction of sp³-hybridized carbons (Fsp3) is 0.903. The molecule has 0 bridgehead atoms. The van der Waals surface area contributed by atoms with Crippen LogP contribution in [-0.2, 0) is 11.8 Å². The minimum Gasteiger partial charge on any atom is -0.396 e. The molecule has 3 heteroatoms. The van der Waals surface area contributed by atoms with Gasteiger partial charge in [0.25, 0.3) is 0 Å². The number of hydrogen-bond donors (Lipinski definition) is 1. The first-order valence-electron chi connectivity index (χ1n) is 14.5. The largest absolute Gasteiger partial charge is 0.396 e. The Balaban J connectivity index is 1.42. The normalized spacial score (nSPS) is 51.3. The molecule has 4 saturated carbocycles. The van der Waals surface area contributed by atoms with Gasteiger partial charge in [-0.15, -0.1) is 0 Å². The quantitative estimate of drug-likeness (QED) is 0.492. The van der Waals surface area contributed by atoms with Crippen LogP contribution >= 0.6 is 0 Å². The molecule has 3 nitrogen and oxygen atoms in total. The van der Waals surface area contributed by atoms with E-state index in [1.54, 1.807) is 0 Å². The summed E-state index contributed by atoms with van der Waals surface area (Å²) in [5.41, 5.74) is 2.69. The van der Waals surface area contributed by atoms with Gasteiger partial charge in [0.1, 0.15) is 5.76 Å². The Labute approximate surface area is 207 Å². The van der Waals surface area contributed by atoms with Crippen LogP contribution in [0.2, 0.25) is 0 Å². The smallest absolute Gasteiger partial charge is 0.145 e. The molecular weight excluding hydrogens is 418 g/mol. The van der Waals surface area contributed by atoms with Gasteiger partial charge in [0.15, 0.2) is 0 Å². The molecule has 5 aliphatic carbocycles. The van der Waals surface area contributed by atoms with Gasteiger partial charge >= 0.3 is 0 Å². The van der Waals surface area contributed by atoms with Gasteiger partial charge in [0.05, 0.1) is 6.20 Å². The molecule has 190 valence electrons. The van der Waals surface area contributed by atoms with Crippen molar-refractivity contribution < 1.29 is 9.63 Å². The first-order chi connectivity index (χ1) is 15.9. The van der Waals surface area contributed by atoms with Crippen molar-refractivity contribution in [2.24, 2.45) is 57.2 Å². The fourth-order valence-electron chi connectivity index (χ4n) is 12.1. The lowest BCUT2D eigenvalue weighted by Crippen LogP contribution is -2.66. The summed E-state index contributed by atoms with van der Waals surface area (Å²) < 4.78 is 5.86. The zero-order valence-electron chi connectivity index (χ0n) is 22.9. The van der Waals surface area contributed by atoms with E-state index in [0.717, 1.165) is 35.9 Å². The fourth-order valence-corrected chi connectivity index (χ4v) is 12.1. The highest BCUT2D eigenvalue weighted by Gasteiger charge is 2.71. The van der Waals surface area contributed by atoms with Gasteiger partial charge in [0, 0.05) is 17.6 Å². The van der Waals surface area contributed by atoms with Crippen LogP contribution in [0, 0.1) is 57.2 Å². The average Bonchev–Trinajstić information content (AvgIpc) is 3.39. The standard InChI is InChI=1S/C31H49NO2/c1-19(2)21-10-13-31(18-33)15-14-29(6)22(25(21)31)8-9-24-28(5)16-20-17-32-34-26(20)27(3,4)23(28)11-12-30(24,29)7/h17,19,21-25,33H,8-16,18H2,1-7H3/t21-,22?,23-,24+,25+,28-,29+,30+,31+/m0/s1. The van der Waals surface area contributed by atoms with Crippen LogP contribution in [0.1, 0.15) is 111 Å². The number of aromatic nitrogens is 1. The van der Waals surface area contributed by atoms with Crippen LogP contribution < -0.4 is 0 Å². The molecule has 1 heterocycles. The second-order valence-corrected chi connectivity index (χ2v) is 15.2. The average molecular weight is 468 g/mol. The number of rotatable bonds is 2. The maximum absolute atomic E-state index is 10.7. The molecule has 0 saturated heterocycles. The lowest BCUT2D eigenvalue weighted by molar-refractivity contribution is -0.231. The van der Waals surface area contributed by atoms with E-state index in [-0.39, 0.29) is 10.8 Å². The highest BCUT2D eigenvalue weighted by atomic mass is 16.5. The molecule has 1 unspecified atom stereocenters. The number of aliphatic hydroxyl groups excluding tert-OH is 1. The van der Waals surface area contributed by atoms with Crippen molar-refractivity contribution in [3.05, 3.63) is 17.5 Å². The van der Waals surface area contributed by atoms with Crippen LogP contribution in [0.4, 0.5) is 0 Å². The van der Waals surface area contributed by atoms with E-state index in [2.05, 4.69) is 53.6 Å². The van der Waals surface area contributed by atoms with E-state index in [1.807, 2.05) is 6.20 Å². The lowest BCUT2D eigenvalue weighted by atomic mass is 9.32. The monoisotopic (exact) mass is 467 g/mol. The van der Waals surface area contributed by atoms with E-state index in [1.165, 1.54) is 56.9 Å². The number of aliphatic hydroxyl groups is 1. The number of hydrogen-bond acceptors (Lipinski definition) is 3. The van der Waals surface area contributed by atoms with E-state index in [0.29, 0.717) is 34.7 Å². The van der Waals surface area contributed by atoms with Gasteiger partial charge < -0.3 is 9.63 Å². The lowest BCUT2D eigenvalue weighted by Gasteiger charge is -2.72. The Morgan fingerprint density at radius 2 is 1.71 bits per heavy atom. The molecule has 5 aliphatic rings. The SMILES string of the molecule is CC(C)[C@@H]1CC[C@]2(CO)CC[C@]3(C)C(CC[C@@H]4[C@@]5(C)Cc6cnoc6C(C)(C)[C@@H]5CC[C@]43C)[C@@H]12. The van der Waals surface area contributed by atoms with Crippen molar-refractivity contribution in [3.63, 3.8) is 0 Å². The summed E-state index contributed by atoms with van der Waals surface area (Å²) >= 11 is 0. The maximum Gasteiger partial charge on any atom is 0.145 e. The molecule has 0 aliphatic heterocycles. The first kappa shape index (κ1) is 23.6. The van der Waals surface area contributed by atoms with Gasteiger partial charge in [-0.2, -0.15) is 0 Å². The van der Waals surface area contributed by atoms with Crippen LogP contribution in [0.25, 0.3) is 0 Å². The zero-order chi connectivity index (χ0) is 24.3. The first-order valence-corrected chi connectivity index (χ1v) is 14.5. The number of fused-ring (bicyclic) bond motifs is 8. The van der Waals surface area contributed by atoms with Crippen LogP contribution in [-0.4, -0.2) is 16.9 Å². The summed E-state index contributed by atoms with van der Waals surface area (Å²) in [7, 11) is 0. The Kier molecular flexibility index (Phi) is 4.95. The summed E-state index contributed by atoms with van der Waals surface area (Å²) in [6, 6.07) is 0. The Morgan fingerprint density at radius 3 is 2.41 bits per heavy atom. The van der Waals surface area contributed by atoms with E-state index >= 15 is 0 Å². The minimum absolute atomic E-state index is 0.0602. The van der Waals surface area contributed by atoms with Crippen molar-refractivity contribution in [3.8, 4) is 0 Å². The predicted octanol–water partition coefficient (Wildman–Crippen LogP) is 7.42. The summed E-state index contributed by atoms with van der Waals surface area (Å²) in [6.07, 6.45) is 13.7. The number of nitrogens with zero attached hydrogens (tertiary/aromatic N) is 1.